The Kier molecular flexibility index (Phi) is 4.85. The van der Waals surface area contributed by atoms with Crippen LogP contribution in [-0.2, 0) is 0 Å². The zero-order valence-electron chi connectivity index (χ0n) is 10.1. The highest BCUT2D eigenvalue weighted by molar-refractivity contribution is 6.33. The van der Waals surface area contributed by atoms with Crippen LogP contribution >= 0.6 is 11.6 Å². The summed E-state index contributed by atoms with van der Waals surface area (Å²) in [7, 11) is 0. The Labute approximate surface area is 112 Å². The van der Waals surface area contributed by atoms with Gasteiger partial charge in [0.2, 0.25) is 0 Å². The fraction of sp³-hybridized carbons (Fsp3) is 0.214. The Morgan fingerprint density at radius 1 is 1.00 bits per heavy atom. The average molecular weight is 262 g/mol. The van der Waals surface area contributed by atoms with Crippen LogP contribution in [0.3, 0.4) is 0 Å². The molecular weight excluding hydrogens is 246 g/mol. The van der Waals surface area contributed by atoms with E-state index >= 15 is 0 Å². The van der Waals surface area contributed by atoms with E-state index in [1.165, 1.54) is 0 Å². The molecule has 0 amide bonds. The second-order valence-corrected chi connectivity index (χ2v) is 4.34. The van der Waals surface area contributed by atoms with Gasteiger partial charge in [0.05, 0.1) is 10.7 Å². The molecule has 2 rings (SSSR count). The molecule has 0 radical (unpaired) electrons. The number of para-hydroxylation sites is 1. The molecule has 3 nitrogen and oxygen atoms in total. The average Bonchev–Trinajstić information content (AvgIpc) is 2.42. The molecule has 0 saturated heterocycles. The molecule has 4 heteroatoms. The Morgan fingerprint density at radius 2 is 1.78 bits per heavy atom. The van der Waals surface area contributed by atoms with E-state index in [1.807, 2.05) is 24.3 Å². The van der Waals surface area contributed by atoms with Crippen molar-refractivity contribution >= 4 is 23.0 Å². The summed E-state index contributed by atoms with van der Waals surface area (Å²) >= 11 is 5.99. The zero-order valence-corrected chi connectivity index (χ0v) is 10.8. The van der Waals surface area contributed by atoms with Crippen LogP contribution in [-0.4, -0.2) is 18.1 Å². The predicted octanol–water partition coefficient (Wildman–Crippen LogP) is 3.65. The van der Waals surface area contributed by atoms with E-state index in [9.17, 15) is 0 Å². The molecule has 0 fully saturated rings. The molecule has 0 atom stereocenters. The van der Waals surface area contributed by atoms with Crippen LogP contribution in [0, 0.1) is 0 Å². The van der Waals surface area contributed by atoms with Gasteiger partial charge < -0.3 is 10.6 Å². The lowest BCUT2D eigenvalue weighted by atomic mass is 10.3. The molecule has 18 heavy (non-hydrogen) atoms. The second-order valence-electron chi connectivity index (χ2n) is 3.93. The first-order chi connectivity index (χ1) is 8.86. The van der Waals surface area contributed by atoms with Crippen molar-refractivity contribution in [2.45, 2.75) is 6.42 Å². The summed E-state index contributed by atoms with van der Waals surface area (Å²) in [4.78, 5) is 3.94. The number of rotatable bonds is 6. The number of nitrogens with zero attached hydrogens (tertiary/aromatic N) is 1. The number of anilines is 2. The topological polar surface area (TPSA) is 37.0 Å². The van der Waals surface area contributed by atoms with E-state index in [2.05, 4.69) is 27.8 Å². The normalized spacial score (nSPS) is 10.1. The van der Waals surface area contributed by atoms with E-state index in [4.69, 9.17) is 11.6 Å². The number of pyridine rings is 1. The van der Waals surface area contributed by atoms with Gasteiger partial charge in [0.1, 0.15) is 0 Å². The molecule has 94 valence electrons. The maximum Gasteiger partial charge on any atom is 0.0820 e. The third-order valence-electron chi connectivity index (χ3n) is 2.54. The van der Waals surface area contributed by atoms with Gasteiger partial charge in [0.25, 0.3) is 0 Å². The van der Waals surface area contributed by atoms with E-state index in [1.54, 1.807) is 12.4 Å². The van der Waals surface area contributed by atoms with Crippen LogP contribution in [0.4, 0.5) is 11.4 Å². The van der Waals surface area contributed by atoms with Crippen LogP contribution in [0.25, 0.3) is 0 Å². The summed E-state index contributed by atoms with van der Waals surface area (Å²) < 4.78 is 0. The van der Waals surface area contributed by atoms with Gasteiger partial charge in [-0.1, -0.05) is 29.8 Å². The number of aromatic nitrogens is 1. The maximum absolute atomic E-state index is 5.99. The van der Waals surface area contributed by atoms with Gasteiger partial charge in [-0.3, -0.25) is 4.98 Å². The van der Waals surface area contributed by atoms with E-state index in [-0.39, 0.29) is 0 Å². The molecule has 2 N–H and O–H groups in total. The smallest absolute Gasteiger partial charge is 0.0820 e. The number of halogens is 1. The molecule has 0 saturated carbocycles. The van der Waals surface area contributed by atoms with Crippen molar-refractivity contribution in [1.82, 2.24) is 4.98 Å². The molecule has 1 aromatic carbocycles. The first-order valence-corrected chi connectivity index (χ1v) is 6.36. The third kappa shape index (κ3) is 3.93. The van der Waals surface area contributed by atoms with Gasteiger partial charge in [-0.25, -0.2) is 0 Å². The van der Waals surface area contributed by atoms with Crippen LogP contribution in [0.15, 0.2) is 48.8 Å². The van der Waals surface area contributed by atoms with Crippen molar-refractivity contribution in [3.8, 4) is 0 Å². The van der Waals surface area contributed by atoms with Gasteiger partial charge in [-0.2, -0.15) is 0 Å². The van der Waals surface area contributed by atoms with Crippen LogP contribution in [0.2, 0.25) is 5.02 Å². The van der Waals surface area contributed by atoms with E-state index in [0.717, 1.165) is 30.9 Å². The van der Waals surface area contributed by atoms with Gasteiger partial charge in [0.15, 0.2) is 0 Å². The second kappa shape index (κ2) is 6.87. The third-order valence-corrected chi connectivity index (χ3v) is 2.85. The molecule has 0 spiro atoms. The summed E-state index contributed by atoms with van der Waals surface area (Å²) in [5, 5.41) is 7.31. The molecule has 0 aliphatic rings. The van der Waals surface area contributed by atoms with Crippen molar-refractivity contribution in [3.05, 3.63) is 53.8 Å². The lowest BCUT2D eigenvalue weighted by molar-refractivity contribution is 0.909. The Bertz CT molecular complexity index is 473. The lowest BCUT2D eigenvalue weighted by Gasteiger charge is -2.09. The monoisotopic (exact) mass is 261 g/mol. The highest BCUT2D eigenvalue weighted by Crippen LogP contribution is 2.18. The van der Waals surface area contributed by atoms with Crippen molar-refractivity contribution in [2.24, 2.45) is 0 Å². The molecular formula is C14H16ClN3. The quantitative estimate of drug-likeness (QED) is 0.780. The zero-order chi connectivity index (χ0) is 12.6. The SMILES string of the molecule is Clc1cnccc1NCCCNc1ccccc1. The molecule has 1 heterocycles. The van der Waals surface area contributed by atoms with Gasteiger partial charge in [0, 0.05) is 31.2 Å². The molecule has 0 unspecified atom stereocenters. The van der Waals surface area contributed by atoms with Crippen molar-refractivity contribution in [2.75, 3.05) is 23.7 Å². The molecule has 0 aliphatic carbocycles. The van der Waals surface area contributed by atoms with Crippen molar-refractivity contribution in [1.29, 1.82) is 0 Å². The van der Waals surface area contributed by atoms with Crippen LogP contribution < -0.4 is 10.6 Å². The summed E-state index contributed by atoms with van der Waals surface area (Å²) in [6.45, 7) is 1.81. The Hall–Kier alpha value is -1.74. The fourth-order valence-corrected chi connectivity index (χ4v) is 1.80. The summed E-state index contributed by atoms with van der Waals surface area (Å²) in [5.41, 5.74) is 2.09. The number of benzene rings is 1. The Balaban J connectivity index is 1.66. The molecule has 0 aliphatic heterocycles. The predicted molar refractivity (Wildman–Crippen MR) is 77.3 cm³/mol. The lowest BCUT2D eigenvalue weighted by Crippen LogP contribution is -2.09. The molecule has 0 bridgehead atoms. The minimum absolute atomic E-state index is 0.661. The first-order valence-electron chi connectivity index (χ1n) is 5.98. The largest absolute Gasteiger partial charge is 0.385 e. The summed E-state index contributed by atoms with van der Waals surface area (Å²) in [5.74, 6) is 0. The molecule has 1 aromatic heterocycles. The number of hydrogen-bond donors (Lipinski definition) is 2. The fourth-order valence-electron chi connectivity index (χ4n) is 1.62. The minimum Gasteiger partial charge on any atom is -0.385 e. The summed E-state index contributed by atoms with van der Waals surface area (Å²) in [6.07, 6.45) is 4.40. The highest BCUT2D eigenvalue weighted by atomic mass is 35.5. The number of hydrogen-bond acceptors (Lipinski definition) is 3. The number of nitrogens with one attached hydrogen (secondary N) is 2. The minimum atomic E-state index is 0.661. The van der Waals surface area contributed by atoms with Crippen LogP contribution in [0.1, 0.15) is 6.42 Å². The highest BCUT2D eigenvalue weighted by Gasteiger charge is 1.97. The van der Waals surface area contributed by atoms with E-state index in [0.29, 0.717) is 5.02 Å². The van der Waals surface area contributed by atoms with Gasteiger partial charge >= 0.3 is 0 Å². The van der Waals surface area contributed by atoms with Crippen molar-refractivity contribution in [3.63, 3.8) is 0 Å². The van der Waals surface area contributed by atoms with E-state index < -0.39 is 0 Å². The van der Waals surface area contributed by atoms with Gasteiger partial charge in [-0.15, -0.1) is 0 Å². The first kappa shape index (κ1) is 12.7. The van der Waals surface area contributed by atoms with Crippen molar-refractivity contribution < 1.29 is 0 Å². The maximum atomic E-state index is 5.99. The summed E-state index contributed by atoms with van der Waals surface area (Å²) in [6, 6.07) is 12.1. The van der Waals surface area contributed by atoms with Crippen LogP contribution in [0.5, 0.6) is 0 Å². The van der Waals surface area contributed by atoms with Gasteiger partial charge in [-0.05, 0) is 24.6 Å². The standard InChI is InChI=1S/C14H16ClN3/c15-13-11-16-10-7-14(13)18-9-4-8-17-12-5-2-1-3-6-12/h1-3,5-7,10-11,17H,4,8-9H2,(H,16,18). The molecule has 2 aromatic rings. The Morgan fingerprint density at radius 3 is 2.56 bits per heavy atom.